The molecule has 0 bridgehead atoms. The molecule has 2 N–H and O–H groups in total. The van der Waals surface area contributed by atoms with Crippen LogP contribution < -0.4 is 10.1 Å². The van der Waals surface area contributed by atoms with Gasteiger partial charge in [-0.25, -0.2) is 4.79 Å². The second-order valence-electron chi connectivity index (χ2n) is 5.50. The largest absolute Gasteiger partial charge is 0.482 e. The van der Waals surface area contributed by atoms with E-state index in [0.717, 1.165) is 24.2 Å². The highest BCUT2D eigenvalue weighted by Crippen LogP contribution is 2.40. The number of carboxylic acids is 1. The van der Waals surface area contributed by atoms with E-state index in [-0.39, 0.29) is 11.6 Å². The molecule has 0 radical (unpaired) electrons. The van der Waals surface area contributed by atoms with Crippen LogP contribution in [0.15, 0.2) is 28.8 Å². The predicted molar refractivity (Wildman–Crippen MR) is 80.7 cm³/mol. The van der Waals surface area contributed by atoms with E-state index in [9.17, 15) is 9.59 Å². The number of carboxylic acid groups (broad SMARTS) is 1. The van der Waals surface area contributed by atoms with Crippen molar-refractivity contribution < 1.29 is 24.0 Å². The summed E-state index contributed by atoms with van der Waals surface area (Å²) in [6.07, 6.45) is 2.15. The van der Waals surface area contributed by atoms with E-state index in [0.29, 0.717) is 17.4 Å². The first-order chi connectivity index (χ1) is 11.0. The molecule has 1 amide bonds. The number of amides is 1. The summed E-state index contributed by atoms with van der Waals surface area (Å²) in [6, 6.07) is 6.60. The maximum absolute atomic E-state index is 12.2. The topological polar surface area (TPSA) is 102 Å². The number of carbonyl (C=O) groups is 2. The summed E-state index contributed by atoms with van der Waals surface area (Å²) in [5.74, 6) is 0.196. The van der Waals surface area contributed by atoms with Crippen molar-refractivity contribution in [2.75, 3.05) is 11.9 Å². The summed E-state index contributed by atoms with van der Waals surface area (Å²) in [7, 11) is 0. The third-order valence-electron chi connectivity index (χ3n) is 3.55. The van der Waals surface area contributed by atoms with Crippen LogP contribution in [-0.4, -0.2) is 28.7 Å². The fourth-order valence-corrected chi connectivity index (χ4v) is 2.15. The molecule has 3 rings (SSSR count). The molecule has 0 spiro atoms. The van der Waals surface area contributed by atoms with Crippen LogP contribution in [0, 0.1) is 6.92 Å². The van der Waals surface area contributed by atoms with Crippen LogP contribution in [0.5, 0.6) is 5.75 Å². The number of aryl methyl sites for hydroxylation is 1. The van der Waals surface area contributed by atoms with Crippen molar-refractivity contribution in [1.29, 1.82) is 0 Å². The van der Waals surface area contributed by atoms with Gasteiger partial charge in [0.15, 0.2) is 12.3 Å². The number of benzene rings is 1. The van der Waals surface area contributed by atoms with E-state index in [1.54, 1.807) is 31.2 Å². The lowest BCUT2D eigenvalue weighted by Gasteiger charge is -2.09. The van der Waals surface area contributed by atoms with Crippen LogP contribution in [0.1, 0.15) is 40.6 Å². The normalized spacial score (nSPS) is 13.6. The van der Waals surface area contributed by atoms with Crippen molar-refractivity contribution in [3.05, 3.63) is 41.3 Å². The minimum Gasteiger partial charge on any atom is -0.482 e. The maximum atomic E-state index is 12.2. The zero-order chi connectivity index (χ0) is 16.4. The van der Waals surface area contributed by atoms with Crippen molar-refractivity contribution in [3.63, 3.8) is 0 Å². The van der Waals surface area contributed by atoms with Crippen LogP contribution >= 0.6 is 0 Å². The summed E-state index contributed by atoms with van der Waals surface area (Å²) in [6.45, 7) is 1.38. The highest BCUT2D eigenvalue weighted by molar-refractivity contribution is 6.03. The van der Waals surface area contributed by atoms with Crippen molar-refractivity contribution in [2.45, 2.75) is 25.7 Å². The van der Waals surface area contributed by atoms with Crippen LogP contribution in [-0.2, 0) is 4.79 Å². The molecule has 1 aliphatic rings. The van der Waals surface area contributed by atoms with E-state index in [1.165, 1.54) is 0 Å². The molecule has 0 saturated heterocycles. The Bertz CT molecular complexity index is 749. The second-order valence-corrected chi connectivity index (χ2v) is 5.50. The Hall–Kier alpha value is -2.83. The van der Waals surface area contributed by atoms with Crippen molar-refractivity contribution in [2.24, 2.45) is 0 Å². The number of ether oxygens (including phenoxy) is 1. The van der Waals surface area contributed by atoms with Gasteiger partial charge in [0.2, 0.25) is 0 Å². The van der Waals surface area contributed by atoms with E-state index in [4.69, 9.17) is 14.4 Å². The van der Waals surface area contributed by atoms with Crippen LogP contribution in [0.3, 0.4) is 0 Å². The van der Waals surface area contributed by atoms with Crippen molar-refractivity contribution >= 4 is 17.6 Å². The summed E-state index contributed by atoms with van der Waals surface area (Å²) in [5, 5.41) is 15.1. The van der Waals surface area contributed by atoms with Gasteiger partial charge in [0.25, 0.3) is 5.91 Å². The van der Waals surface area contributed by atoms with Gasteiger partial charge in [0.1, 0.15) is 11.5 Å². The molecule has 120 valence electrons. The lowest BCUT2D eigenvalue weighted by molar-refractivity contribution is -0.139. The van der Waals surface area contributed by atoms with Crippen LogP contribution in [0.25, 0.3) is 0 Å². The first-order valence-corrected chi connectivity index (χ1v) is 7.26. The molecule has 1 fully saturated rings. The molecule has 7 nitrogen and oxygen atoms in total. The lowest BCUT2D eigenvalue weighted by atomic mass is 10.2. The van der Waals surface area contributed by atoms with Gasteiger partial charge in [0, 0.05) is 17.7 Å². The molecule has 0 unspecified atom stereocenters. The fourth-order valence-electron chi connectivity index (χ4n) is 2.15. The number of aromatic nitrogens is 1. The number of nitrogens with zero attached hydrogens (tertiary/aromatic N) is 1. The molecule has 0 aliphatic heterocycles. The Kier molecular flexibility index (Phi) is 4.01. The molecule has 2 aromatic rings. The zero-order valence-corrected chi connectivity index (χ0v) is 12.5. The Labute approximate surface area is 132 Å². The molecular weight excluding hydrogens is 300 g/mol. The Morgan fingerprint density at radius 1 is 1.39 bits per heavy atom. The predicted octanol–water partition coefficient (Wildman–Crippen LogP) is 2.58. The quantitative estimate of drug-likeness (QED) is 0.849. The number of nitrogens with one attached hydrogen (secondary N) is 1. The zero-order valence-electron chi connectivity index (χ0n) is 12.5. The van der Waals surface area contributed by atoms with Gasteiger partial charge >= 0.3 is 5.97 Å². The molecule has 1 aliphatic carbocycles. The van der Waals surface area contributed by atoms with Crippen LogP contribution in [0.2, 0.25) is 0 Å². The summed E-state index contributed by atoms with van der Waals surface area (Å²) in [5.41, 5.74) is 1.61. The number of aliphatic carboxylic acids is 1. The monoisotopic (exact) mass is 316 g/mol. The summed E-state index contributed by atoms with van der Waals surface area (Å²) >= 11 is 0. The fraction of sp³-hybridized carbons (Fsp3) is 0.312. The van der Waals surface area contributed by atoms with Gasteiger partial charge in [-0.2, -0.15) is 0 Å². The molecule has 1 heterocycles. The SMILES string of the molecule is Cc1cc(OCC(=O)O)ccc1NC(=O)c1cc(C2CC2)on1. The first kappa shape index (κ1) is 15.1. The van der Waals surface area contributed by atoms with Crippen LogP contribution in [0.4, 0.5) is 5.69 Å². The molecule has 7 heteroatoms. The number of hydrogen-bond donors (Lipinski definition) is 2. The van der Waals surface area contributed by atoms with E-state index >= 15 is 0 Å². The third-order valence-corrected chi connectivity index (χ3v) is 3.55. The minimum atomic E-state index is -1.04. The van der Waals surface area contributed by atoms with Crippen molar-refractivity contribution in [1.82, 2.24) is 5.16 Å². The van der Waals surface area contributed by atoms with Gasteiger partial charge < -0.3 is 19.7 Å². The highest BCUT2D eigenvalue weighted by Gasteiger charge is 2.28. The number of hydrogen-bond acceptors (Lipinski definition) is 5. The number of anilines is 1. The van der Waals surface area contributed by atoms with Gasteiger partial charge in [-0.1, -0.05) is 5.16 Å². The van der Waals surface area contributed by atoms with Gasteiger partial charge in [-0.05, 0) is 43.5 Å². The average molecular weight is 316 g/mol. The Morgan fingerprint density at radius 3 is 2.83 bits per heavy atom. The van der Waals surface area contributed by atoms with Gasteiger partial charge in [-0.3, -0.25) is 4.79 Å². The van der Waals surface area contributed by atoms with E-state index < -0.39 is 12.6 Å². The smallest absolute Gasteiger partial charge is 0.341 e. The summed E-state index contributed by atoms with van der Waals surface area (Å²) < 4.78 is 10.3. The van der Waals surface area contributed by atoms with Crippen molar-refractivity contribution in [3.8, 4) is 5.75 Å². The maximum Gasteiger partial charge on any atom is 0.341 e. The minimum absolute atomic E-state index is 0.248. The number of rotatable bonds is 6. The van der Waals surface area contributed by atoms with E-state index in [1.807, 2.05) is 0 Å². The Morgan fingerprint density at radius 2 is 2.17 bits per heavy atom. The summed E-state index contributed by atoms with van der Waals surface area (Å²) in [4.78, 5) is 22.7. The first-order valence-electron chi connectivity index (χ1n) is 7.26. The van der Waals surface area contributed by atoms with E-state index in [2.05, 4.69) is 10.5 Å². The Balaban J connectivity index is 1.66. The lowest BCUT2D eigenvalue weighted by Crippen LogP contribution is -2.13. The average Bonchev–Trinajstić information content (AvgIpc) is 3.24. The number of carbonyl (C=O) groups excluding carboxylic acids is 1. The van der Waals surface area contributed by atoms with Gasteiger partial charge in [-0.15, -0.1) is 0 Å². The molecule has 23 heavy (non-hydrogen) atoms. The molecular formula is C16H16N2O5. The highest BCUT2D eigenvalue weighted by atomic mass is 16.5. The molecule has 0 atom stereocenters. The molecule has 1 aromatic carbocycles. The van der Waals surface area contributed by atoms with Gasteiger partial charge in [0.05, 0.1) is 0 Å². The molecule has 1 aromatic heterocycles. The third kappa shape index (κ3) is 3.68. The molecule has 1 saturated carbocycles. The standard InChI is InChI=1S/C16H16N2O5/c1-9-6-11(22-8-15(19)20)4-5-12(9)17-16(21)13-7-14(23-18-13)10-2-3-10/h4-7,10H,2-3,8H2,1H3,(H,17,21)(H,19,20). The second kappa shape index (κ2) is 6.12.